The number of imidazole rings is 1. The number of rotatable bonds is 5. The molecular formula is C16H14ClN7O5. The van der Waals surface area contributed by atoms with Gasteiger partial charge >= 0.3 is 5.69 Å². The molecule has 0 unspecified atom stereocenters. The number of fused-ring (bicyclic) bond motifs is 1. The molecule has 1 aromatic carbocycles. The van der Waals surface area contributed by atoms with Gasteiger partial charge in [-0.25, -0.2) is 15.2 Å². The van der Waals surface area contributed by atoms with E-state index in [-0.39, 0.29) is 28.4 Å². The molecule has 1 N–H and O–H groups in total. The highest BCUT2D eigenvalue weighted by molar-refractivity contribution is 6.32. The van der Waals surface area contributed by atoms with Crippen LogP contribution >= 0.6 is 11.6 Å². The summed E-state index contributed by atoms with van der Waals surface area (Å²) in [5.41, 5.74) is 1.48. The van der Waals surface area contributed by atoms with Crippen molar-refractivity contribution in [3.63, 3.8) is 0 Å². The van der Waals surface area contributed by atoms with Crippen LogP contribution in [0.1, 0.15) is 5.56 Å². The van der Waals surface area contributed by atoms with Gasteiger partial charge in [0.05, 0.1) is 17.5 Å². The molecule has 0 saturated heterocycles. The van der Waals surface area contributed by atoms with Crippen LogP contribution in [0, 0.1) is 10.1 Å². The number of carbonyl (C=O) groups is 1. The summed E-state index contributed by atoms with van der Waals surface area (Å²) in [7, 11) is 2.80. The molecule has 0 radical (unpaired) electrons. The molecule has 3 rings (SSSR count). The maximum Gasteiger partial charge on any atom is 0.332 e. The molecule has 0 aliphatic rings. The monoisotopic (exact) mass is 419 g/mol. The van der Waals surface area contributed by atoms with Crippen LogP contribution < -0.4 is 16.7 Å². The van der Waals surface area contributed by atoms with E-state index in [0.717, 1.165) is 4.57 Å². The molecule has 29 heavy (non-hydrogen) atoms. The van der Waals surface area contributed by atoms with Gasteiger partial charge in [0.1, 0.15) is 11.6 Å². The Balaban J connectivity index is 1.78. The first-order valence-electron chi connectivity index (χ1n) is 8.07. The van der Waals surface area contributed by atoms with Gasteiger partial charge in [0.15, 0.2) is 11.2 Å². The zero-order chi connectivity index (χ0) is 21.3. The normalized spacial score (nSPS) is 11.3. The lowest BCUT2D eigenvalue weighted by Gasteiger charge is -2.06. The Morgan fingerprint density at radius 1 is 1.34 bits per heavy atom. The Morgan fingerprint density at radius 3 is 2.76 bits per heavy atom. The maximum absolute atomic E-state index is 12.3. The Morgan fingerprint density at radius 2 is 2.07 bits per heavy atom. The number of hydrogen-bond acceptors (Lipinski definition) is 7. The van der Waals surface area contributed by atoms with Crippen LogP contribution in [0.3, 0.4) is 0 Å². The quantitative estimate of drug-likeness (QED) is 0.353. The van der Waals surface area contributed by atoms with Crippen molar-refractivity contribution >= 4 is 40.6 Å². The van der Waals surface area contributed by atoms with E-state index in [1.165, 1.54) is 54.0 Å². The number of hydrogen-bond donors (Lipinski definition) is 1. The average Bonchev–Trinajstić information content (AvgIpc) is 3.09. The fourth-order valence-corrected chi connectivity index (χ4v) is 2.82. The van der Waals surface area contributed by atoms with Gasteiger partial charge in [0.25, 0.3) is 17.2 Å². The first kappa shape index (κ1) is 19.9. The lowest BCUT2D eigenvalue weighted by molar-refractivity contribution is -0.384. The molecular weight excluding hydrogens is 406 g/mol. The van der Waals surface area contributed by atoms with Crippen LogP contribution in [0.5, 0.6) is 0 Å². The number of nitrogens with one attached hydrogen (secondary N) is 1. The van der Waals surface area contributed by atoms with Crippen LogP contribution in [0.25, 0.3) is 11.2 Å². The summed E-state index contributed by atoms with van der Waals surface area (Å²) in [5.74, 6) is -0.570. The van der Waals surface area contributed by atoms with Gasteiger partial charge in [0.2, 0.25) is 0 Å². The second-order valence-corrected chi connectivity index (χ2v) is 6.42. The fourth-order valence-electron chi connectivity index (χ4n) is 2.64. The smallest absolute Gasteiger partial charge is 0.315 e. The number of nitro groups is 1. The Bertz CT molecular complexity index is 1290. The molecule has 0 saturated carbocycles. The molecule has 150 valence electrons. The van der Waals surface area contributed by atoms with Gasteiger partial charge in [-0.05, 0) is 6.07 Å². The highest BCUT2D eigenvalue weighted by Crippen LogP contribution is 2.24. The minimum Gasteiger partial charge on any atom is -0.315 e. The number of benzene rings is 1. The van der Waals surface area contributed by atoms with E-state index in [0.29, 0.717) is 5.56 Å². The van der Waals surface area contributed by atoms with Crippen LogP contribution in [0.15, 0.2) is 39.2 Å². The Kier molecular flexibility index (Phi) is 5.28. The average molecular weight is 420 g/mol. The Hall–Kier alpha value is -3.80. The summed E-state index contributed by atoms with van der Waals surface area (Å²) in [5, 5.41) is 14.6. The third kappa shape index (κ3) is 3.78. The van der Waals surface area contributed by atoms with Crippen LogP contribution in [0.4, 0.5) is 5.69 Å². The summed E-state index contributed by atoms with van der Waals surface area (Å²) >= 11 is 5.73. The first-order valence-corrected chi connectivity index (χ1v) is 8.45. The second-order valence-electron chi connectivity index (χ2n) is 6.01. The molecule has 13 heteroatoms. The molecule has 0 atom stereocenters. The van der Waals surface area contributed by atoms with Crippen LogP contribution in [-0.4, -0.2) is 35.7 Å². The van der Waals surface area contributed by atoms with Crippen molar-refractivity contribution in [2.45, 2.75) is 6.54 Å². The van der Waals surface area contributed by atoms with Crippen molar-refractivity contribution in [3.05, 3.63) is 66.1 Å². The van der Waals surface area contributed by atoms with E-state index >= 15 is 0 Å². The summed E-state index contributed by atoms with van der Waals surface area (Å²) in [6, 6.07) is 4.06. The van der Waals surface area contributed by atoms with Gasteiger partial charge < -0.3 is 4.57 Å². The predicted octanol–water partition coefficient (Wildman–Crippen LogP) is 0.146. The molecule has 2 aromatic heterocycles. The van der Waals surface area contributed by atoms with Crippen molar-refractivity contribution in [1.82, 2.24) is 24.1 Å². The van der Waals surface area contributed by atoms with E-state index in [2.05, 4.69) is 15.5 Å². The van der Waals surface area contributed by atoms with Crippen molar-refractivity contribution in [2.24, 2.45) is 19.2 Å². The number of amides is 1. The largest absolute Gasteiger partial charge is 0.332 e. The summed E-state index contributed by atoms with van der Waals surface area (Å²) in [6.45, 7) is -0.276. The van der Waals surface area contributed by atoms with Gasteiger partial charge in [-0.1, -0.05) is 17.7 Å². The third-order valence-electron chi connectivity index (χ3n) is 4.10. The molecule has 1 amide bonds. The predicted molar refractivity (Wildman–Crippen MR) is 104 cm³/mol. The highest BCUT2D eigenvalue weighted by atomic mass is 35.5. The highest BCUT2D eigenvalue weighted by Gasteiger charge is 2.16. The van der Waals surface area contributed by atoms with Crippen molar-refractivity contribution < 1.29 is 9.72 Å². The number of halogens is 1. The van der Waals surface area contributed by atoms with Gasteiger partial charge in [-0.3, -0.25) is 28.8 Å². The molecule has 0 bridgehead atoms. The molecule has 0 aliphatic heterocycles. The fraction of sp³-hybridized carbons (Fsp3) is 0.188. The van der Waals surface area contributed by atoms with Crippen molar-refractivity contribution in [2.75, 3.05) is 0 Å². The lowest BCUT2D eigenvalue weighted by atomic mass is 10.2. The van der Waals surface area contributed by atoms with Crippen molar-refractivity contribution in [1.29, 1.82) is 0 Å². The van der Waals surface area contributed by atoms with Crippen LogP contribution in [0.2, 0.25) is 5.02 Å². The molecule has 2 heterocycles. The van der Waals surface area contributed by atoms with E-state index in [1.807, 2.05) is 0 Å². The minimum absolute atomic E-state index is 0.0147. The van der Waals surface area contributed by atoms with E-state index in [1.54, 1.807) is 0 Å². The summed E-state index contributed by atoms with van der Waals surface area (Å²) in [6.07, 6.45) is 2.49. The number of aryl methyl sites for hydroxylation is 1. The third-order valence-corrected chi connectivity index (χ3v) is 4.42. The van der Waals surface area contributed by atoms with E-state index in [9.17, 15) is 24.5 Å². The topological polar surface area (TPSA) is 146 Å². The molecule has 0 fully saturated rings. The minimum atomic E-state index is -0.629. The summed E-state index contributed by atoms with van der Waals surface area (Å²) in [4.78, 5) is 50.7. The number of nitro benzene ring substituents is 1. The second kappa shape index (κ2) is 7.67. The molecule has 3 aromatic rings. The van der Waals surface area contributed by atoms with Crippen LogP contribution in [-0.2, 0) is 25.4 Å². The first-order chi connectivity index (χ1) is 13.7. The van der Waals surface area contributed by atoms with Gasteiger partial charge in [0, 0.05) is 25.7 Å². The molecule has 0 spiro atoms. The number of aromatic nitrogens is 4. The van der Waals surface area contributed by atoms with Gasteiger partial charge in [-0.15, -0.1) is 0 Å². The van der Waals surface area contributed by atoms with Crippen molar-refractivity contribution in [3.8, 4) is 0 Å². The maximum atomic E-state index is 12.3. The van der Waals surface area contributed by atoms with Gasteiger partial charge in [-0.2, -0.15) is 5.10 Å². The molecule has 0 aliphatic carbocycles. The van der Waals surface area contributed by atoms with E-state index in [4.69, 9.17) is 11.6 Å². The molecule has 12 nitrogen and oxygen atoms in total. The number of hydrazone groups is 1. The Labute approximate surface area is 166 Å². The lowest BCUT2D eigenvalue weighted by Crippen LogP contribution is -2.38. The zero-order valence-corrected chi connectivity index (χ0v) is 16.0. The number of nitrogens with zero attached hydrogens (tertiary/aromatic N) is 6. The van der Waals surface area contributed by atoms with E-state index < -0.39 is 22.1 Å². The SMILES string of the molecule is Cn1c(=O)c2c(ncn2CC(=O)N/N=C/c2ccc(Cl)c([N+](=O)[O-])c2)n(C)c1=O. The zero-order valence-electron chi connectivity index (χ0n) is 15.2. The number of carbonyl (C=O) groups excluding carboxylic acids is 1. The standard InChI is InChI=1S/C16H14ClN7O5/c1-21-14-13(15(26)22(2)16(21)27)23(8-18-14)7-12(25)20-19-6-9-3-4-10(17)11(5-9)24(28)29/h3-6,8H,7H2,1-2H3,(H,20,25)/b19-6+. The summed E-state index contributed by atoms with van der Waals surface area (Å²) < 4.78 is 3.43.